The molecule has 4 aliphatic carbocycles. The second kappa shape index (κ2) is 17.5. The van der Waals surface area contributed by atoms with Gasteiger partial charge in [0.2, 0.25) is 0 Å². The molecular formula is C59H40N2Na2O6S2. The zero-order valence-corrected chi connectivity index (χ0v) is 38.3. The van der Waals surface area contributed by atoms with Crippen LogP contribution in [-0.4, -0.2) is 85.9 Å². The molecule has 0 spiro atoms. The molecule has 14 rings (SSSR count). The Balaban J connectivity index is 0.00000259. The fraction of sp³-hybridized carbons (Fsp3) is 0.0678. The maximum absolute atomic E-state index is 15.2. The number of fused-ring (bicyclic) bond motifs is 1. The van der Waals surface area contributed by atoms with Crippen molar-refractivity contribution >= 4 is 158 Å². The molecule has 0 radical (unpaired) electrons. The average Bonchev–Trinajstić information content (AvgIpc) is 3.85. The van der Waals surface area contributed by atoms with Crippen LogP contribution in [0.3, 0.4) is 0 Å². The first-order valence-corrected chi connectivity index (χ1v) is 25.7. The molecule has 12 heteroatoms. The molecule has 2 atom stereocenters. The summed E-state index contributed by atoms with van der Waals surface area (Å²) in [6.45, 7) is 0. The minimum atomic E-state index is -4.78. The monoisotopic (exact) mass is 982 g/mol. The summed E-state index contributed by atoms with van der Waals surface area (Å²) in [5.41, 5.74) is 11.1. The topological polar surface area (TPSA) is 115 Å². The average molecular weight is 983 g/mol. The third kappa shape index (κ3) is 7.50. The Morgan fingerprint density at radius 3 is 1.35 bits per heavy atom. The van der Waals surface area contributed by atoms with E-state index in [4.69, 9.17) is 8.37 Å². The van der Waals surface area contributed by atoms with Crippen molar-refractivity contribution in [2.24, 2.45) is 0 Å². The van der Waals surface area contributed by atoms with Crippen LogP contribution in [-0.2, 0) is 41.4 Å². The Hall–Kier alpha value is -5.73. The van der Waals surface area contributed by atoms with Gasteiger partial charge in [-0.2, -0.15) is 16.8 Å². The number of aromatic amines is 1. The van der Waals surface area contributed by atoms with E-state index in [9.17, 15) is 0 Å². The zero-order chi connectivity index (χ0) is 46.2. The molecule has 8 nitrogen and oxygen atoms in total. The number of hydrogen-bond donors (Lipinski definition) is 1. The Morgan fingerprint density at radius 1 is 0.465 bits per heavy atom. The van der Waals surface area contributed by atoms with Crippen molar-refractivity contribution in [1.29, 1.82) is 0 Å². The molecule has 0 bridgehead atoms. The number of rotatable bonds is 8. The van der Waals surface area contributed by atoms with Crippen molar-refractivity contribution in [3.05, 3.63) is 231 Å². The molecule has 1 heterocycles. The summed E-state index contributed by atoms with van der Waals surface area (Å²) < 4.78 is 73.6. The minimum absolute atomic E-state index is 0. The number of imidazole rings is 1. The van der Waals surface area contributed by atoms with Crippen molar-refractivity contribution in [1.82, 2.24) is 9.97 Å². The molecule has 336 valence electrons. The zero-order valence-electron chi connectivity index (χ0n) is 36.7. The molecule has 0 saturated heterocycles. The van der Waals surface area contributed by atoms with E-state index in [1.54, 1.807) is 0 Å². The van der Waals surface area contributed by atoms with E-state index in [-0.39, 0.29) is 75.0 Å². The SMILES string of the molecule is O=S(=O)(OC1C(C2=Cc3cccc4cccc(c34)C2)=Cc2cccc3cccc1c23)c1cc(S(=O)(=O)OC2C(C3=Cc4cccc5cccc(c45)C3)=Cc3cccc4cccc2c34)c2nc[nH]c2c1.[NaH].[NaH]. The van der Waals surface area contributed by atoms with Crippen molar-refractivity contribution < 1.29 is 25.2 Å². The van der Waals surface area contributed by atoms with Gasteiger partial charge in [0.05, 0.1) is 16.7 Å². The molecule has 1 aromatic heterocycles. The molecule has 1 N–H and O–H groups in total. The molecule has 2 unspecified atom stereocenters. The predicted molar refractivity (Wildman–Crippen MR) is 288 cm³/mol. The van der Waals surface area contributed by atoms with Gasteiger partial charge in [0.1, 0.15) is 22.6 Å². The summed E-state index contributed by atoms with van der Waals surface area (Å²) in [4.78, 5) is 6.64. The van der Waals surface area contributed by atoms with Gasteiger partial charge >= 0.3 is 59.1 Å². The summed E-state index contributed by atoms with van der Waals surface area (Å²) in [6.07, 6.45) is 8.65. The Bertz CT molecular complexity index is 4310. The Kier molecular flexibility index (Phi) is 11.4. The molecule has 4 aliphatic rings. The summed E-state index contributed by atoms with van der Waals surface area (Å²) in [6, 6.07) is 51.2. The fourth-order valence-electron chi connectivity index (χ4n) is 11.4. The molecule has 71 heavy (non-hydrogen) atoms. The van der Waals surface area contributed by atoms with E-state index in [1.807, 2.05) is 109 Å². The standard InChI is InChI=1S/C59H38N2O6S2.2Na.2H/c62-68(63,66-58-47-23-7-15-36-13-5-21-42(55(36)47)29-49(58)44-25-38-17-1-9-34-10-2-18-39(26-44)53(34)38)46-31-51-57(61-33-60-51)52(32-46)69(64,65)67-59-48-24-8-16-37-14-6-22-43(56(37)48)30-50(59)45-27-40-19-3-11-35-12-4-20-41(28-45)54(35)40;;;;/h1-25,27,29-33,58-59H,26,28H2,(H,60,61);;;;. The van der Waals surface area contributed by atoms with Crippen LogP contribution >= 0.6 is 0 Å². The molecule has 0 saturated carbocycles. The molecule has 0 amide bonds. The molecule has 0 aliphatic heterocycles. The van der Waals surface area contributed by atoms with Crippen molar-refractivity contribution in [2.75, 3.05) is 0 Å². The van der Waals surface area contributed by atoms with Gasteiger partial charge in [-0.15, -0.1) is 0 Å². The van der Waals surface area contributed by atoms with Gasteiger partial charge in [-0.1, -0.05) is 158 Å². The number of H-pyrrole nitrogens is 1. The number of benzene rings is 9. The molecule has 0 fully saturated rings. The van der Waals surface area contributed by atoms with Gasteiger partial charge in [-0.25, -0.2) is 4.98 Å². The first-order chi connectivity index (χ1) is 33.6. The first kappa shape index (κ1) is 46.3. The number of nitrogens with zero attached hydrogens (tertiary/aromatic N) is 1. The molecular weight excluding hydrogens is 943 g/mol. The summed E-state index contributed by atoms with van der Waals surface area (Å²) >= 11 is 0. The Morgan fingerprint density at radius 2 is 0.873 bits per heavy atom. The number of nitrogens with one attached hydrogen (secondary N) is 1. The molecule has 10 aromatic rings. The van der Waals surface area contributed by atoms with Crippen LogP contribution in [0.15, 0.2) is 196 Å². The second-order valence-electron chi connectivity index (χ2n) is 18.3. The van der Waals surface area contributed by atoms with E-state index < -0.39 is 37.3 Å². The van der Waals surface area contributed by atoms with Crippen LogP contribution < -0.4 is 0 Å². The maximum atomic E-state index is 15.2. The van der Waals surface area contributed by atoms with Crippen molar-refractivity contribution in [2.45, 2.75) is 34.8 Å². The van der Waals surface area contributed by atoms with Gasteiger partial charge in [-0.3, -0.25) is 8.37 Å². The van der Waals surface area contributed by atoms with Gasteiger partial charge in [0.25, 0.3) is 20.2 Å². The summed E-state index contributed by atoms with van der Waals surface area (Å²) in [5.74, 6) is 0. The van der Waals surface area contributed by atoms with Gasteiger partial charge in [-0.05, 0) is 147 Å². The normalized spacial score (nSPS) is 16.8. The van der Waals surface area contributed by atoms with Crippen LogP contribution in [0, 0.1) is 0 Å². The third-order valence-electron chi connectivity index (χ3n) is 14.4. The van der Waals surface area contributed by atoms with E-state index >= 15 is 16.8 Å². The van der Waals surface area contributed by atoms with Crippen LogP contribution in [0.25, 0.3) is 78.4 Å². The van der Waals surface area contributed by atoms with Crippen LogP contribution in [0.5, 0.6) is 0 Å². The quantitative estimate of drug-likeness (QED) is 0.119. The summed E-state index contributed by atoms with van der Waals surface area (Å²) in [7, 11) is -9.50. The van der Waals surface area contributed by atoms with Gasteiger partial charge in [0, 0.05) is 0 Å². The van der Waals surface area contributed by atoms with E-state index in [1.165, 1.54) is 23.2 Å². The summed E-state index contributed by atoms with van der Waals surface area (Å²) in [5, 5.41) is 8.29. The van der Waals surface area contributed by atoms with Gasteiger partial charge in [0.15, 0.2) is 0 Å². The van der Waals surface area contributed by atoms with Gasteiger partial charge < -0.3 is 4.98 Å². The number of hydrogen-bond acceptors (Lipinski definition) is 7. The van der Waals surface area contributed by atoms with Crippen LogP contribution in [0.4, 0.5) is 0 Å². The van der Waals surface area contributed by atoms with Crippen molar-refractivity contribution in [3.8, 4) is 0 Å². The third-order valence-corrected chi connectivity index (χ3v) is 16.9. The first-order valence-electron chi connectivity index (χ1n) is 22.9. The fourth-order valence-corrected chi connectivity index (χ4v) is 13.8. The van der Waals surface area contributed by atoms with Crippen molar-refractivity contribution in [3.63, 3.8) is 0 Å². The van der Waals surface area contributed by atoms with Crippen LogP contribution in [0.1, 0.15) is 56.7 Å². The molecule has 9 aromatic carbocycles. The second-order valence-corrected chi connectivity index (χ2v) is 21.4. The van der Waals surface area contributed by atoms with E-state index in [0.717, 1.165) is 82.9 Å². The predicted octanol–water partition coefficient (Wildman–Crippen LogP) is 11.8. The van der Waals surface area contributed by atoms with E-state index in [0.29, 0.717) is 35.1 Å². The van der Waals surface area contributed by atoms with E-state index in [2.05, 4.69) is 70.7 Å². The number of aromatic nitrogens is 2. The van der Waals surface area contributed by atoms with Crippen LogP contribution in [0.2, 0.25) is 0 Å². The Labute approximate surface area is 454 Å².